The Morgan fingerprint density at radius 1 is 0.516 bits per heavy atom. The molecule has 2 amide bonds. The predicted molar refractivity (Wildman–Crippen MR) is 134 cm³/mol. The maximum Gasteiger partial charge on any atom is 0.234 e. The van der Waals surface area contributed by atoms with Gasteiger partial charge in [-0.1, -0.05) is 111 Å². The molecule has 0 aromatic heterocycles. The van der Waals surface area contributed by atoms with Crippen LogP contribution in [0.4, 0.5) is 0 Å². The van der Waals surface area contributed by atoms with E-state index in [4.69, 9.17) is 0 Å². The van der Waals surface area contributed by atoms with Gasteiger partial charge in [-0.25, -0.2) is 0 Å². The van der Waals surface area contributed by atoms with Crippen molar-refractivity contribution in [1.29, 1.82) is 0 Å². The van der Waals surface area contributed by atoms with Crippen LogP contribution in [0, 0.1) is 5.92 Å². The Kier molecular flexibility index (Phi) is 20.1. The number of hydrogen-bond acceptors (Lipinski definition) is 2. The lowest BCUT2D eigenvalue weighted by Crippen LogP contribution is -2.43. The first-order valence-electron chi connectivity index (χ1n) is 13.5. The van der Waals surface area contributed by atoms with E-state index in [0.29, 0.717) is 6.42 Å². The van der Waals surface area contributed by atoms with Crippen LogP contribution in [0.1, 0.15) is 130 Å². The maximum atomic E-state index is 13.0. The number of rotatable bonds is 21. The van der Waals surface area contributed by atoms with Crippen LogP contribution in [0.2, 0.25) is 0 Å². The van der Waals surface area contributed by atoms with E-state index >= 15 is 0 Å². The minimum Gasteiger partial charge on any atom is -0.345 e. The molecular formula is C27H54N2O2. The highest BCUT2D eigenvalue weighted by atomic mass is 16.2. The van der Waals surface area contributed by atoms with Gasteiger partial charge in [0.2, 0.25) is 11.8 Å². The van der Waals surface area contributed by atoms with Crippen LogP contribution in [0.15, 0.2) is 0 Å². The molecule has 0 rings (SSSR count). The molecule has 0 N–H and O–H groups in total. The van der Waals surface area contributed by atoms with E-state index < -0.39 is 5.92 Å². The van der Waals surface area contributed by atoms with E-state index in [1.54, 1.807) is 9.80 Å². The van der Waals surface area contributed by atoms with Crippen LogP contribution >= 0.6 is 0 Å². The summed E-state index contributed by atoms with van der Waals surface area (Å²) in [4.78, 5) is 29.5. The summed E-state index contributed by atoms with van der Waals surface area (Å²) >= 11 is 0. The van der Waals surface area contributed by atoms with Crippen molar-refractivity contribution in [1.82, 2.24) is 9.80 Å². The third-order valence-electron chi connectivity index (χ3n) is 6.39. The molecule has 0 fully saturated rings. The molecule has 0 radical (unpaired) electrons. The zero-order valence-corrected chi connectivity index (χ0v) is 21.7. The number of carbonyl (C=O) groups excluding carboxylic acids is 2. The zero-order chi connectivity index (χ0) is 23.3. The quantitative estimate of drug-likeness (QED) is 0.140. The van der Waals surface area contributed by atoms with Crippen LogP contribution in [0.25, 0.3) is 0 Å². The molecule has 0 unspecified atom stereocenters. The Labute approximate surface area is 194 Å². The van der Waals surface area contributed by atoms with E-state index in [1.165, 1.54) is 64.2 Å². The second-order valence-corrected chi connectivity index (χ2v) is 9.46. The first-order chi connectivity index (χ1) is 15.0. The minimum absolute atomic E-state index is 0.0184. The molecule has 0 aliphatic heterocycles. The Morgan fingerprint density at radius 2 is 0.839 bits per heavy atom. The van der Waals surface area contributed by atoms with Crippen LogP contribution in [-0.4, -0.2) is 48.8 Å². The molecule has 4 heteroatoms. The number of unbranched alkanes of at least 4 members (excludes halogenated alkanes) is 13. The number of hydrogen-bond donors (Lipinski definition) is 0. The largest absolute Gasteiger partial charge is 0.345 e. The molecule has 4 nitrogen and oxygen atoms in total. The summed E-state index contributed by atoms with van der Waals surface area (Å²) in [5, 5.41) is 0. The molecule has 31 heavy (non-hydrogen) atoms. The average Bonchev–Trinajstić information content (AvgIpc) is 2.78. The van der Waals surface area contributed by atoms with Gasteiger partial charge in [0.25, 0.3) is 0 Å². The SMILES string of the molecule is CCCCCCCCCCCCCCC(C(=O)N(C)CCCC)C(=O)N(C)CCCC. The molecule has 0 aromatic carbocycles. The first kappa shape index (κ1) is 29.9. The van der Waals surface area contributed by atoms with Crippen molar-refractivity contribution in [2.45, 2.75) is 130 Å². The van der Waals surface area contributed by atoms with E-state index in [9.17, 15) is 9.59 Å². The molecule has 0 aliphatic carbocycles. The van der Waals surface area contributed by atoms with E-state index in [2.05, 4.69) is 20.8 Å². The third-order valence-corrected chi connectivity index (χ3v) is 6.39. The highest BCUT2D eigenvalue weighted by Crippen LogP contribution is 2.18. The molecule has 0 aliphatic rings. The molecule has 0 atom stereocenters. The lowest BCUT2D eigenvalue weighted by Gasteiger charge is -2.27. The maximum absolute atomic E-state index is 13.0. The standard InChI is InChI=1S/C27H54N2O2/c1-6-9-12-13-14-15-16-17-18-19-20-21-22-25(26(30)28(4)23-10-7-2)27(31)29(5)24-11-8-3/h25H,6-24H2,1-5H3. The van der Waals surface area contributed by atoms with Crippen molar-refractivity contribution in [3.8, 4) is 0 Å². The molecular weight excluding hydrogens is 384 g/mol. The van der Waals surface area contributed by atoms with Crippen molar-refractivity contribution in [3.05, 3.63) is 0 Å². The topological polar surface area (TPSA) is 40.6 Å². The Balaban J connectivity index is 4.27. The summed E-state index contributed by atoms with van der Waals surface area (Å²) in [5.41, 5.74) is 0. The summed E-state index contributed by atoms with van der Waals surface area (Å²) in [7, 11) is 3.71. The van der Waals surface area contributed by atoms with Crippen molar-refractivity contribution >= 4 is 11.8 Å². The summed E-state index contributed by atoms with van der Waals surface area (Å²) < 4.78 is 0. The number of amides is 2. The second-order valence-electron chi connectivity index (χ2n) is 9.46. The summed E-state index contributed by atoms with van der Waals surface area (Å²) in [6, 6.07) is 0. The third kappa shape index (κ3) is 15.4. The summed E-state index contributed by atoms with van der Waals surface area (Å²) in [5.74, 6) is -0.457. The van der Waals surface area contributed by atoms with Crippen molar-refractivity contribution < 1.29 is 9.59 Å². The molecule has 0 saturated heterocycles. The van der Waals surface area contributed by atoms with Gasteiger partial charge in [-0.05, 0) is 19.3 Å². The van der Waals surface area contributed by atoms with E-state index in [0.717, 1.165) is 51.6 Å². The van der Waals surface area contributed by atoms with Gasteiger partial charge < -0.3 is 9.80 Å². The predicted octanol–water partition coefficient (Wildman–Crippen LogP) is 7.21. The molecule has 0 heterocycles. The van der Waals surface area contributed by atoms with Gasteiger partial charge in [-0.3, -0.25) is 9.59 Å². The van der Waals surface area contributed by atoms with Crippen molar-refractivity contribution in [2.75, 3.05) is 27.2 Å². The fourth-order valence-electron chi connectivity index (χ4n) is 4.09. The molecule has 0 spiro atoms. The number of nitrogens with zero attached hydrogens (tertiary/aromatic N) is 2. The highest BCUT2D eigenvalue weighted by molar-refractivity contribution is 6.00. The normalized spacial score (nSPS) is 11.2. The average molecular weight is 439 g/mol. The molecule has 0 saturated carbocycles. The van der Waals surface area contributed by atoms with E-state index in [-0.39, 0.29) is 11.8 Å². The first-order valence-corrected chi connectivity index (χ1v) is 13.5. The Hall–Kier alpha value is -1.06. The Bertz CT molecular complexity index is 413. The fourth-order valence-corrected chi connectivity index (χ4v) is 4.09. The summed E-state index contributed by atoms with van der Waals surface area (Å²) in [6.07, 6.45) is 20.4. The van der Waals surface area contributed by atoms with Crippen LogP contribution in [0.5, 0.6) is 0 Å². The van der Waals surface area contributed by atoms with Crippen molar-refractivity contribution in [3.63, 3.8) is 0 Å². The summed E-state index contributed by atoms with van der Waals surface area (Å²) in [6.45, 7) is 8.02. The number of carbonyl (C=O) groups is 2. The van der Waals surface area contributed by atoms with Gasteiger partial charge in [-0.2, -0.15) is 0 Å². The molecule has 0 aromatic rings. The van der Waals surface area contributed by atoms with Crippen LogP contribution in [0.3, 0.4) is 0 Å². The van der Waals surface area contributed by atoms with E-state index in [1.807, 2.05) is 14.1 Å². The van der Waals surface area contributed by atoms with Crippen molar-refractivity contribution in [2.24, 2.45) is 5.92 Å². The van der Waals surface area contributed by atoms with Gasteiger partial charge in [0.1, 0.15) is 5.92 Å². The van der Waals surface area contributed by atoms with Gasteiger partial charge in [0.05, 0.1) is 0 Å². The minimum atomic E-state index is -0.494. The second kappa shape index (κ2) is 20.8. The zero-order valence-electron chi connectivity index (χ0n) is 21.7. The lowest BCUT2D eigenvalue weighted by atomic mass is 9.96. The lowest BCUT2D eigenvalue weighted by molar-refractivity contribution is -0.146. The van der Waals surface area contributed by atoms with Gasteiger partial charge in [0, 0.05) is 27.2 Å². The molecule has 184 valence electrons. The van der Waals surface area contributed by atoms with Crippen LogP contribution < -0.4 is 0 Å². The monoisotopic (exact) mass is 438 g/mol. The fraction of sp³-hybridized carbons (Fsp3) is 0.926. The van der Waals surface area contributed by atoms with Crippen LogP contribution in [-0.2, 0) is 9.59 Å². The molecule has 0 bridgehead atoms. The van der Waals surface area contributed by atoms with Gasteiger partial charge in [-0.15, -0.1) is 0 Å². The van der Waals surface area contributed by atoms with Gasteiger partial charge >= 0.3 is 0 Å². The highest BCUT2D eigenvalue weighted by Gasteiger charge is 2.30. The Morgan fingerprint density at radius 3 is 1.19 bits per heavy atom. The van der Waals surface area contributed by atoms with Gasteiger partial charge in [0.15, 0.2) is 0 Å². The smallest absolute Gasteiger partial charge is 0.234 e.